The van der Waals surface area contributed by atoms with Gasteiger partial charge >= 0.3 is 0 Å². The van der Waals surface area contributed by atoms with Crippen LogP contribution in [0, 0.1) is 0 Å². The third-order valence-electron chi connectivity index (χ3n) is 9.37. The molecule has 6 nitrogen and oxygen atoms in total. The molecule has 3 aliphatic rings. The number of nitrogens with one attached hydrogen (secondary N) is 4. The van der Waals surface area contributed by atoms with Gasteiger partial charge in [0.2, 0.25) is 0 Å². The fourth-order valence-corrected chi connectivity index (χ4v) is 6.84. The molecule has 0 amide bonds. The summed E-state index contributed by atoms with van der Waals surface area (Å²) in [5, 5.41) is 42.3. The first-order chi connectivity index (χ1) is 18.3. The van der Waals surface area contributed by atoms with E-state index in [-0.39, 0.29) is 36.0 Å². The van der Waals surface area contributed by atoms with E-state index < -0.39 is 12.2 Å². The zero-order chi connectivity index (χ0) is 26.3. The van der Waals surface area contributed by atoms with Crippen LogP contribution in [0.25, 0.3) is 21.5 Å². The number of anilines is 4. The lowest BCUT2D eigenvalue weighted by Crippen LogP contribution is -2.51. The van der Waals surface area contributed by atoms with Crippen molar-refractivity contribution in [3.05, 3.63) is 71.8 Å². The third-order valence-corrected chi connectivity index (χ3v) is 9.37. The molecule has 1 fully saturated rings. The molecule has 1 saturated carbocycles. The standard InChI is InChI=1S/C32H36N4O2/c1-15-17(3)35-25-13-11-21(19-7-5-9-23(33-15)27(19)25)29-31(37)30(32(29)38)22-12-14-26-28-20(22)8-6-10-24(28)34-16(2)18(4)36-26/h5-18,29-38H,1-4H3. The van der Waals surface area contributed by atoms with Crippen molar-refractivity contribution in [3.63, 3.8) is 0 Å². The number of aliphatic hydroxyl groups is 2. The predicted octanol–water partition coefficient (Wildman–Crippen LogP) is 5.82. The molecular weight excluding hydrogens is 472 g/mol. The summed E-state index contributed by atoms with van der Waals surface area (Å²) >= 11 is 0. The number of aliphatic hydroxyl groups excluding tert-OH is 2. The van der Waals surface area contributed by atoms with E-state index in [4.69, 9.17) is 0 Å². The van der Waals surface area contributed by atoms with Gasteiger partial charge in [-0.2, -0.15) is 0 Å². The Balaban J connectivity index is 1.30. The average Bonchev–Trinajstić information content (AvgIpc) is 3.11. The van der Waals surface area contributed by atoms with Crippen molar-refractivity contribution in [2.75, 3.05) is 21.3 Å². The molecule has 6 N–H and O–H groups in total. The van der Waals surface area contributed by atoms with Crippen molar-refractivity contribution in [1.29, 1.82) is 0 Å². The molecule has 0 saturated heterocycles. The zero-order valence-corrected chi connectivity index (χ0v) is 22.3. The average molecular weight is 509 g/mol. The van der Waals surface area contributed by atoms with Gasteiger partial charge in [0.1, 0.15) is 0 Å². The number of hydrogen-bond acceptors (Lipinski definition) is 6. The summed E-state index contributed by atoms with van der Waals surface area (Å²) in [5.41, 5.74) is 6.35. The Morgan fingerprint density at radius 3 is 1.18 bits per heavy atom. The van der Waals surface area contributed by atoms with Crippen LogP contribution in [0.2, 0.25) is 0 Å². The third kappa shape index (κ3) is 3.33. The van der Waals surface area contributed by atoms with Crippen molar-refractivity contribution in [2.45, 2.75) is 75.9 Å². The van der Waals surface area contributed by atoms with E-state index in [0.29, 0.717) is 0 Å². The molecule has 2 heterocycles. The molecule has 0 radical (unpaired) electrons. The maximum absolute atomic E-state index is 11.6. The van der Waals surface area contributed by atoms with E-state index in [2.05, 4.69) is 110 Å². The van der Waals surface area contributed by atoms with Gasteiger partial charge in [-0.05, 0) is 73.9 Å². The van der Waals surface area contributed by atoms with Crippen LogP contribution in [-0.2, 0) is 0 Å². The van der Waals surface area contributed by atoms with Crippen LogP contribution in [0.3, 0.4) is 0 Å². The lowest BCUT2D eigenvalue weighted by Gasteiger charge is -2.48. The second kappa shape index (κ2) is 8.52. The molecule has 4 aromatic carbocycles. The second-order valence-corrected chi connectivity index (χ2v) is 11.6. The van der Waals surface area contributed by atoms with Crippen LogP contribution < -0.4 is 21.3 Å². The monoisotopic (exact) mass is 508 g/mol. The van der Waals surface area contributed by atoms with Crippen LogP contribution in [0.4, 0.5) is 22.7 Å². The molecule has 1 aliphatic carbocycles. The molecule has 38 heavy (non-hydrogen) atoms. The Labute approximate surface area is 223 Å². The van der Waals surface area contributed by atoms with Crippen molar-refractivity contribution < 1.29 is 10.2 Å². The molecular formula is C32H36N4O2. The lowest BCUT2D eigenvalue weighted by atomic mass is 9.62. The fourth-order valence-electron chi connectivity index (χ4n) is 6.84. The lowest BCUT2D eigenvalue weighted by molar-refractivity contribution is -0.0775. The van der Waals surface area contributed by atoms with Crippen molar-refractivity contribution in [1.82, 2.24) is 0 Å². The first-order valence-electron chi connectivity index (χ1n) is 13.9. The van der Waals surface area contributed by atoms with E-state index in [0.717, 1.165) is 55.4 Å². The van der Waals surface area contributed by atoms with Gasteiger partial charge in [-0.25, -0.2) is 0 Å². The topological polar surface area (TPSA) is 88.6 Å². The van der Waals surface area contributed by atoms with E-state index in [9.17, 15) is 10.2 Å². The smallest absolute Gasteiger partial charge is 0.0727 e. The molecule has 0 aromatic heterocycles. The van der Waals surface area contributed by atoms with E-state index >= 15 is 0 Å². The molecule has 2 aliphatic heterocycles. The summed E-state index contributed by atoms with van der Waals surface area (Å²) in [4.78, 5) is 0. The summed E-state index contributed by atoms with van der Waals surface area (Å²) < 4.78 is 0. The Hall–Kier alpha value is -3.48. The van der Waals surface area contributed by atoms with Gasteiger partial charge in [0.05, 0.1) is 12.2 Å². The summed E-state index contributed by atoms with van der Waals surface area (Å²) in [6.45, 7) is 8.73. The number of hydrogen-bond donors (Lipinski definition) is 6. The first kappa shape index (κ1) is 23.6. The minimum atomic E-state index is -0.687. The van der Waals surface area contributed by atoms with Gasteiger partial charge in [-0.3, -0.25) is 0 Å². The highest BCUT2D eigenvalue weighted by Gasteiger charge is 2.51. The fraction of sp³-hybridized carbons (Fsp3) is 0.375. The summed E-state index contributed by atoms with van der Waals surface area (Å²) in [7, 11) is 0. The Bertz CT molecular complexity index is 1410. The zero-order valence-electron chi connectivity index (χ0n) is 22.3. The number of benzene rings is 4. The van der Waals surface area contributed by atoms with Crippen LogP contribution in [0.5, 0.6) is 0 Å². The first-order valence-corrected chi connectivity index (χ1v) is 13.9. The van der Waals surface area contributed by atoms with Gasteiger partial charge in [0.25, 0.3) is 0 Å². The highest BCUT2D eigenvalue weighted by molar-refractivity contribution is 6.07. The largest absolute Gasteiger partial charge is 0.392 e. The Morgan fingerprint density at radius 1 is 0.474 bits per heavy atom. The van der Waals surface area contributed by atoms with Crippen LogP contribution in [-0.4, -0.2) is 46.6 Å². The maximum Gasteiger partial charge on any atom is 0.0727 e. The van der Waals surface area contributed by atoms with Gasteiger partial charge in [0.15, 0.2) is 0 Å². The van der Waals surface area contributed by atoms with Crippen LogP contribution in [0.15, 0.2) is 60.7 Å². The van der Waals surface area contributed by atoms with E-state index in [1.165, 1.54) is 0 Å². The Kier molecular flexibility index (Phi) is 5.29. The molecule has 0 spiro atoms. The molecule has 4 unspecified atom stereocenters. The molecule has 7 rings (SSSR count). The van der Waals surface area contributed by atoms with Crippen LogP contribution in [0.1, 0.15) is 50.7 Å². The minimum Gasteiger partial charge on any atom is -0.392 e. The number of rotatable bonds is 2. The highest BCUT2D eigenvalue weighted by Crippen LogP contribution is 2.53. The maximum atomic E-state index is 11.6. The van der Waals surface area contributed by atoms with Gasteiger partial charge in [-0.15, -0.1) is 0 Å². The highest BCUT2D eigenvalue weighted by atomic mass is 16.3. The minimum absolute atomic E-state index is 0.271. The summed E-state index contributed by atoms with van der Waals surface area (Å²) in [5.74, 6) is -0.709. The molecule has 4 aromatic rings. The summed E-state index contributed by atoms with van der Waals surface area (Å²) in [6, 6.07) is 22.0. The molecule has 196 valence electrons. The molecule has 4 atom stereocenters. The van der Waals surface area contributed by atoms with Gasteiger partial charge in [0, 0.05) is 69.5 Å². The van der Waals surface area contributed by atoms with Crippen molar-refractivity contribution >= 4 is 44.3 Å². The molecule has 6 heteroatoms. The SMILES string of the molecule is CC1Nc2cccc3c(C4C(O)C(c5ccc6c7c(cccc57)NC(C)C(C)N6)C4O)ccc(c23)NC1C. The van der Waals surface area contributed by atoms with Crippen molar-refractivity contribution in [2.24, 2.45) is 0 Å². The van der Waals surface area contributed by atoms with E-state index in [1.54, 1.807) is 0 Å². The normalized spacial score (nSPS) is 31.7. The van der Waals surface area contributed by atoms with E-state index in [1.807, 2.05) is 0 Å². The quantitative estimate of drug-likeness (QED) is 0.204. The summed E-state index contributed by atoms with van der Waals surface area (Å²) in [6.07, 6.45) is -1.37. The molecule has 0 bridgehead atoms. The van der Waals surface area contributed by atoms with Crippen molar-refractivity contribution in [3.8, 4) is 0 Å². The second-order valence-electron chi connectivity index (χ2n) is 11.6. The van der Waals surface area contributed by atoms with Gasteiger partial charge < -0.3 is 31.5 Å². The van der Waals surface area contributed by atoms with Crippen LogP contribution >= 0.6 is 0 Å². The Morgan fingerprint density at radius 2 is 0.816 bits per heavy atom. The predicted molar refractivity (Wildman–Crippen MR) is 158 cm³/mol. The van der Waals surface area contributed by atoms with Gasteiger partial charge in [-0.1, -0.05) is 36.4 Å².